The number of hydrogen-bond donors (Lipinski definition) is 0. The largest absolute Gasteiger partial charge is 0.465 e. The molecule has 1 aromatic carbocycles. The van der Waals surface area contributed by atoms with Crippen molar-refractivity contribution < 1.29 is 23.4 Å². The van der Waals surface area contributed by atoms with Crippen molar-refractivity contribution in [1.82, 2.24) is 0 Å². The van der Waals surface area contributed by atoms with Crippen molar-refractivity contribution in [1.29, 1.82) is 0 Å². The Morgan fingerprint density at radius 3 is 1.95 bits per heavy atom. The Morgan fingerprint density at radius 1 is 1.05 bits per heavy atom. The van der Waals surface area contributed by atoms with Crippen LogP contribution < -0.4 is 0 Å². The predicted molar refractivity (Wildman–Crippen MR) is 82.4 cm³/mol. The predicted octanol–water partition coefficient (Wildman–Crippen LogP) is 2.74. The number of rotatable bonds is 7. The quantitative estimate of drug-likeness (QED) is 0.440. The van der Waals surface area contributed by atoms with Crippen molar-refractivity contribution in [2.75, 3.05) is 21.3 Å². The number of ether oxygens (including phenoxy) is 3. The molecule has 0 fully saturated rings. The normalized spacial score (nSPS) is 13.8. The van der Waals surface area contributed by atoms with Gasteiger partial charge in [-0.3, -0.25) is 0 Å². The van der Waals surface area contributed by atoms with Gasteiger partial charge in [0, 0.05) is 14.2 Å². The van der Waals surface area contributed by atoms with Crippen LogP contribution in [-0.2, 0) is 23.4 Å². The summed E-state index contributed by atoms with van der Waals surface area (Å²) in [6.45, 7) is 6.11. The van der Waals surface area contributed by atoms with Gasteiger partial charge in [-0.1, -0.05) is 30.3 Å². The van der Waals surface area contributed by atoms with E-state index in [9.17, 15) is 4.79 Å². The molecule has 1 rings (SSSR count). The van der Waals surface area contributed by atoms with Gasteiger partial charge in [0.15, 0.2) is 8.32 Å². The van der Waals surface area contributed by atoms with Crippen LogP contribution in [0, 0.1) is 0 Å². The molecule has 118 valence electrons. The summed E-state index contributed by atoms with van der Waals surface area (Å²) in [5, 5.41) is 0. The van der Waals surface area contributed by atoms with Crippen molar-refractivity contribution in [3.05, 3.63) is 35.9 Å². The van der Waals surface area contributed by atoms with Crippen molar-refractivity contribution in [3.8, 4) is 0 Å². The molecule has 1 unspecified atom stereocenters. The van der Waals surface area contributed by atoms with Gasteiger partial charge in [0.2, 0.25) is 0 Å². The fourth-order valence-electron chi connectivity index (χ4n) is 2.06. The Balaban J connectivity index is 3.36. The van der Waals surface area contributed by atoms with Gasteiger partial charge >= 0.3 is 5.97 Å². The Hall–Kier alpha value is -1.21. The summed E-state index contributed by atoms with van der Waals surface area (Å²) < 4.78 is 21.8. The molecule has 0 spiro atoms. The molecule has 0 aliphatic rings. The molecule has 0 radical (unpaired) electrons. The highest BCUT2D eigenvalue weighted by molar-refractivity contribution is 6.69. The summed E-state index contributed by atoms with van der Waals surface area (Å²) in [6, 6.07) is 9.40. The molecule has 21 heavy (non-hydrogen) atoms. The highest BCUT2D eigenvalue weighted by Crippen LogP contribution is 2.36. The molecule has 0 amide bonds. The lowest BCUT2D eigenvalue weighted by atomic mass is 10.0. The highest BCUT2D eigenvalue weighted by atomic mass is 28.4. The van der Waals surface area contributed by atoms with E-state index in [1.807, 2.05) is 50.0 Å². The van der Waals surface area contributed by atoms with Crippen molar-refractivity contribution in [2.45, 2.75) is 31.5 Å². The lowest BCUT2D eigenvalue weighted by Crippen LogP contribution is -2.52. The summed E-state index contributed by atoms with van der Waals surface area (Å²) in [5.41, 5.74) is 0.800. The topological polar surface area (TPSA) is 54.0 Å². The fourth-order valence-corrected chi connectivity index (χ4v) is 3.06. The van der Waals surface area contributed by atoms with Crippen LogP contribution in [0.1, 0.15) is 11.7 Å². The fraction of sp³-hybridized carbons (Fsp3) is 0.533. The summed E-state index contributed by atoms with van der Waals surface area (Å²) in [5.74, 6) is -2.25. The van der Waals surface area contributed by atoms with Crippen LogP contribution in [0.2, 0.25) is 19.6 Å². The van der Waals surface area contributed by atoms with Crippen LogP contribution in [0.15, 0.2) is 30.3 Å². The Kier molecular flexibility index (Phi) is 6.09. The molecule has 0 N–H and O–H groups in total. The Bertz CT molecular complexity index is 451. The minimum atomic E-state index is -1.97. The van der Waals surface area contributed by atoms with Gasteiger partial charge < -0.3 is 18.6 Å². The van der Waals surface area contributed by atoms with Crippen LogP contribution in [0.25, 0.3) is 0 Å². The van der Waals surface area contributed by atoms with E-state index in [2.05, 4.69) is 0 Å². The van der Waals surface area contributed by atoms with Crippen LogP contribution in [-0.4, -0.2) is 41.4 Å². The molecule has 0 heterocycles. The van der Waals surface area contributed by atoms with E-state index >= 15 is 0 Å². The van der Waals surface area contributed by atoms with Crippen LogP contribution in [0.5, 0.6) is 0 Å². The first-order valence-electron chi connectivity index (χ1n) is 6.72. The van der Waals surface area contributed by atoms with Gasteiger partial charge in [-0.05, 0) is 25.2 Å². The van der Waals surface area contributed by atoms with E-state index in [1.165, 1.54) is 21.3 Å². The van der Waals surface area contributed by atoms with E-state index < -0.39 is 26.2 Å². The van der Waals surface area contributed by atoms with Gasteiger partial charge in [0.05, 0.1) is 7.11 Å². The van der Waals surface area contributed by atoms with Gasteiger partial charge in [0.1, 0.15) is 6.10 Å². The van der Waals surface area contributed by atoms with E-state index in [1.54, 1.807) is 0 Å². The van der Waals surface area contributed by atoms with Crippen molar-refractivity contribution in [2.24, 2.45) is 0 Å². The SMILES string of the molecule is COC(=O)C(OC)(OC)C(O[Si](C)(C)C)c1ccccc1. The van der Waals surface area contributed by atoms with Crippen LogP contribution in [0.3, 0.4) is 0 Å². The highest BCUT2D eigenvalue weighted by Gasteiger charge is 2.51. The van der Waals surface area contributed by atoms with Gasteiger partial charge in [-0.15, -0.1) is 0 Å². The number of carbonyl (C=O) groups excluding carboxylic acids is 1. The molecule has 0 aromatic heterocycles. The second-order valence-electron chi connectivity index (χ2n) is 5.59. The molecule has 1 atom stereocenters. The number of benzene rings is 1. The third-order valence-corrected chi connectivity index (χ3v) is 3.94. The Labute approximate surface area is 127 Å². The maximum atomic E-state index is 12.3. The molecule has 0 bridgehead atoms. The van der Waals surface area contributed by atoms with Crippen LogP contribution in [0.4, 0.5) is 0 Å². The maximum Gasteiger partial charge on any atom is 0.369 e. The summed E-state index contributed by atoms with van der Waals surface area (Å²) in [7, 11) is 2.14. The number of methoxy groups -OCH3 is 3. The molecule has 5 nitrogen and oxygen atoms in total. The summed E-state index contributed by atoms with van der Waals surface area (Å²) in [6.07, 6.45) is -0.701. The number of esters is 1. The zero-order chi connectivity index (χ0) is 16.1. The number of carbonyl (C=O) groups is 1. The second-order valence-corrected chi connectivity index (χ2v) is 10.0. The monoisotopic (exact) mass is 312 g/mol. The average molecular weight is 312 g/mol. The lowest BCUT2D eigenvalue weighted by Gasteiger charge is -2.38. The molecule has 0 saturated heterocycles. The first-order valence-corrected chi connectivity index (χ1v) is 10.1. The summed E-state index contributed by atoms with van der Waals surface area (Å²) in [4.78, 5) is 12.3. The standard InChI is InChI=1S/C15H24O5Si/c1-17-14(16)15(18-2,19-3)13(20-21(4,5)6)12-10-8-7-9-11-12/h7-11,13H,1-6H3. The van der Waals surface area contributed by atoms with Gasteiger partial charge in [-0.2, -0.15) is 0 Å². The van der Waals surface area contributed by atoms with Gasteiger partial charge in [0.25, 0.3) is 5.79 Å². The average Bonchev–Trinajstić information content (AvgIpc) is 2.47. The van der Waals surface area contributed by atoms with Crippen LogP contribution >= 0.6 is 0 Å². The first-order chi connectivity index (χ1) is 9.80. The Morgan fingerprint density at radius 2 is 1.57 bits per heavy atom. The molecule has 0 aliphatic carbocycles. The number of hydrogen-bond acceptors (Lipinski definition) is 5. The molecule has 0 saturated carbocycles. The summed E-state index contributed by atoms with van der Waals surface area (Å²) >= 11 is 0. The molecule has 1 aromatic rings. The van der Waals surface area contributed by atoms with Gasteiger partial charge in [-0.25, -0.2) is 4.79 Å². The smallest absolute Gasteiger partial charge is 0.369 e. The third kappa shape index (κ3) is 4.13. The second kappa shape index (κ2) is 7.17. The minimum absolute atomic E-state index is 0.625. The van der Waals surface area contributed by atoms with E-state index in [0.29, 0.717) is 0 Å². The molecule has 6 heteroatoms. The zero-order valence-corrected chi connectivity index (χ0v) is 14.5. The van der Waals surface area contributed by atoms with Crippen molar-refractivity contribution in [3.63, 3.8) is 0 Å². The first kappa shape index (κ1) is 17.8. The maximum absolute atomic E-state index is 12.3. The minimum Gasteiger partial charge on any atom is -0.465 e. The van der Waals surface area contributed by atoms with Crippen molar-refractivity contribution >= 4 is 14.3 Å². The molecular formula is C15H24O5Si. The van der Waals surface area contributed by atoms with E-state index in [0.717, 1.165) is 5.56 Å². The van der Waals surface area contributed by atoms with E-state index in [-0.39, 0.29) is 0 Å². The van der Waals surface area contributed by atoms with E-state index in [4.69, 9.17) is 18.6 Å². The third-order valence-electron chi connectivity index (χ3n) is 3.00. The molecule has 0 aliphatic heterocycles. The molecular weight excluding hydrogens is 288 g/mol. The lowest BCUT2D eigenvalue weighted by molar-refractivity contribution is -0.260. The zero-order valence-electron chi connectivity index (χ0n) is 13.5.